The molecule has 0 saturated carbocycles. The summed E-state index contributed by atoms with van der Waals surface area (Å²) in [6.45, 7) is 0. The minimum atomic E-state index is -0.847. The summed E-state index contributed by atoms with van der Waals surface area (Å²) in [4.78, 5) is 0. The summed E-state index contributed by atoms with van der Waals surface area (Å²) in [5.74, 6) is 12.1. The van der Waals surface area contributed by atoms with Crippen LogP contribution in [0.2, 0.25) is 0 Å². The van der Waals surface area contributed by atoms with E-state index in [4.69, 9.17) is 25.7 Å². The fourth-order valence-corrected chi connectivity index (χ4v) is 27.1. The Hall–Kier alpha value is -6.64. The topological polar surface area (TPSA) is 4.93 Å². The standard InChI is InChI=1S/2C25H22P2.C17H9N.C17H8.4Au/c2*1-5-13-22(14-6-1)26(23-15-7-2-8-16-23)21-27(24-17-9-3-10-18-24)25-19-11-4-12-20-25;1-4-12-6-8-14-15-9-7-13(5-2)11-17(15)18(3)16(14)10-12;1-3-12-5-7-16-14(9-12)11-15-10-13(4-2)6-8-17(15)16;;;;/h2*1-20H,21H2;6-11H,3H3;5-10H,11H2;;;;/q;;2*-2;4*+1/p+4. The number of hydrogen-bond donors (Lipinski definition) is 0. The number of hydrogen-bond acceptors (Lipinski definition) is 0. The van der Waals surface area contributed by atoms with Crippen molar-refractivity contribution >= 4 is 95.9 Å². The van der Waals surface area contributed by atoms with E-state index in [1.165, 1.54) is 76.5 Å². The maximum absolute atomic E-state index is 7.19. The first kappa shape index (κ1) is 73.8. The Morgan fingerprint density at radius 2 is 0.484 bits per heavy atom. The number of aromatic nitrogens is 1. The number of benzene rings is 12. The number of rotatable bonds is 12. The van der Waals surface area contributed by atoms with Crippen LogP contribution in [0, 0.1) is 49.4 Å². The van der Waals surface area contributed by atoms with Crippen molar-refractivity contribution in [2.24, 2.45) is 7.05 Å². The zero-order valence-electron chi connectivity index (χ0n) is 50.8. The SMILES string of the molecule is [Au+].[Au+].[Au+].[Au+].[C-]#Cc1ccc2c(c1)Cc1cc(C#[C-])ccc1-2.[C-]#Cc1ccc2c3ccc(C#[C-])cc3n(C)c2c1.c1ccc([PH+](C[PH+](c2ccccc2)c2ccccc2)c2ccccc2)cc1.c1ccc([PH+](C[PH+](c2ccccc2)c2ccccc2)c2ccccc2)cc1. The Morgan fingerprint density at radius 1 is 0.280 bits per heavy atom. The minimum Gasteiger partial charge on any atom is -0.366 e. The second-order valence-electron chi connectivity index (χ2n) is 21.6. The van der Waals surface area contributed by atoms with E-state index in [0.29, 0.717) is 0 Å². The van der Waals surface area contributed by atoms with Gasteiger partial charge in [0.25, 0.3) is 0 Å². The Balaban J connectivity index is 0.000000176. The second kappa shape index (κ2) is 37.5. The van der Waals surface area contributed by atoms with E-state index in [-0.39, 0.29) is 89.5 Å². The summed E-state index contributed by atoms with van der Waals surface area (Å²) >= 11 is 0. The van der Waals surface area contributed by atoms with E-state index in [0.717, 1.165) is 50.5 Å². The molecule has 1 aromatic heterocycles. The van der Waals surface area contributed by atoms with Crippen LogP contribution in [0.1, 0.15) is 33.4 Å². The van der Waals surface area contributed by atoms with Gasteiger partial charge < -0.3 is 30.3 Å². The molecule has 0 atom stereocenters. The van der Waals surface area contributed by atoms with E-state index in [1.807, 2.05) is 79.8 Å². The molecular weight excluding hydrogens is 1930 g/mol. The molecule has 12 aromatic carbocycles. The molecule has 0 N–H and O–H groups in total. The third kappa shape index (κ3) is 18.9. The molecule has 1 aliphatic rings. The van der Waals surface area contributed by atoms with Crippen LogP contribution in [-0.2, 0) is 103 Å². The normalized spacial score (nSPS) is 10.5. The van der Waals surface area contributed by atoms with Crippen molar-refractivity contribution < 1.29 is 89.5 Å². The molecular formula is C84H65Au4NP4+4. The van der Waals surface area contributed by atoms with Crippen LogP contribution in [0.5, 0.6) is 0 Å². The predicted molar refractivity (Wildman–Crippen MR) is 392 cm³/mol. The molecule has 1 heterocycles. The molecule has 0 spiro atoms. The van der Waals surface area contributed by atoms with Gasteiger partial charge in [0.2, 0.25) is 0 Å². The van der Waals surface area contributed by atoms with Gasteiger partial charge in [-0.15, -0.1) is 70.8 Å². The molecule has 0 bridgehead atoms. The molecule has 466 valence electrons. The quantitative estimate of drug-likeness (QED) is 0.0497. The van der Waals surface area contributed by atoms with Crippen molar-refractivity contribution in [3.63, 3.8) is 0 Å². The zero-order chi connectivity index (χ0) is 61.2. The fraction of sp³-hybridized carbons (Fsp3) is 0.0476. The zero-order valence-corrected chi connectivity index (χ0v) is 63.5. The van der Waals surface area contributed by atoms with Gasteiger partial charge in [-0.3, -0.25) is 23.7 Å². The molecule has 93 heavy (non-hydrogen) atoms. The molecule has 0 saturated heterocycles. The van der Waals surface area contributed by atoms with Gasteiger partial charge >= 0.3 is 89.5 Å². The van der Waals surface area contributed by atoms with Gasteiger partial charge in [0.15, 0.2) is 11.8 Å². The van der Waals surface area contributed by atoms with Gasteiger partial charge in [0.05, 0.1) is 0 Å². The summed E-state index contributed by atoms with van der Waals surface area (Å²) in [6, 6.07) is 113. The van der Waals surface area contributed by atoms with Crippen molar-refractivity contribution in [1.82, 2.24) is 4.57 Å². The van der Waals surface area contributed by atoms with Crippen LogP contribution in [0.4, 0.5) is 0 Å². The third-order valence-electron chi connectivity index (χ3n) is 16.2. The first-order chi connectivity index (χ1) is 43.9. The minimum absolute atomic E-state index is 0. The van der Waals surface area contributed by atoms with E-state index in [2.05, 4.69) is 271 Å². The van der Waals surface area contributed by atoms with Crippen molar-refractivity contribution in [1.29, 1.82) is 0 Å². The third-order valence-corrected chi connectivity index (χ3v) is 30.1. The van der Waals surface area contributed by atoms with E-state index >= 15 is 0 Å². The molecule has 1 nitrogen and oxygen atoms in total. The molecule has 13 aromatic rings. The Labute approximate surface area is 618 Å². The molecule has 0 unspecified atom stereocenters. The maximum atomic E-state index is 7.19. The van der Waals surface area contributed by atoms with E-state index < -0.39 is 31.7 Å². The molecule has 14 rings (SSSR count). The van der Waals surface area contributed by atoms with Crippen LogP contribution in [0.25, 0.3) is 32.9 Å². The van der Waals surface area contributed by atoms with Crippen LogP contribution < -0.4 is 42.4 Å². The average molecular weight is 2000 g/mol. The Kier molecular flexibility index (Phi) is 29.7. The first-order valence-electron chi connectivity index (χ1n) is 29.8. The van der Waals surface area contributed by atoms with Crippen LogP contribution >= 0.6 is 31.7 Å². The number of nitrogens with zero attached hydrogens (tertiary/aromatic N) is 1. The van der Waals surface area contributed by atoms with Crippen molar-refractivity contribution in [3.8, 4) is 34.8 Å². The van der Waals surface area contributed by atoms with Crippen molar-refractivity contribution in [2.75, 3.05) is 11.8 Å². The van der Waals surface area contributed by atoms with E-state index in [9.17, 15) is 0 Å². The number of fused-ring (bicyclic) bond motifs is 6. The van der Waals surface area contributed by atoms with Gasteiger partial charge in [-0.25, -0.2) is 0 Å². The predicted octanol–water partition coefficient (Wildman–Crippen LogP) is 15.7. The van der Waals surface area contributed by atoms with Gasteiger partial charge in [0, 0.05) is 28.9 Å². The molecule has 9 heteroatoms. The van der Waals surface area contributed by atoms with E-state index in [1.54, 1.807) is 0 Å². The fourth-order valence-electron chi connectivity index (χ4n) is 11.7. The Bertz CT molecular complexity index is 4030. The molecule has 1 aliphatic carbocycles. The largest absolute Gasteiger partial charge is 1.00 e. The molecule has 0 amide bonds. The van der Waals surface area contributed by atoms with Gasteiger partial charge in [-0.2, -0.15) is 0 Å². The summed E-state index contributed by atoms with van der Waals surface area (Å²) in [5, 5.41) is 14.3. The summed E-state index contributed by atoms with van der Waals surface area (Å²) in [6.07, 6.45) is 29.6. The van der Waals surface area contributed by atoms with Crippen LogP contribution in [0.15, 0.2) is 315 Å². The molecule has 0 radical (unpaired) electrons. The summed E-state index contributed by atoms with van der Waals surface area (Å²) in [7, 11) is -1.40. The second-order valence-corrected chi connectivity index (χ2v) is 32.9. The smallest absolute Gasteiger partial charge is 0.366 e. The van der Waals surface area contributed by atoms with Crippen LogP contribution in [0.3, 0.4) is 0 Å². The van der Waals surface area contributed by atoms with Gasteiger partial charge in [-0.05, 0) is 115 Å². The monoisotopic (exact) mass is 2000 g/mol. The first-order valence-corrected chi connectivity index (χ1v) is 36.6. The molecule has 0 aliphatic heterocycles. The van der Waals surface area contributed by atoms with Crippen molar-refractivity contribution in [2.45, 2.75) is 6.42 Å². The number of aryl methyl sites for hydroxylation is 1. The van der Waals surface area contributed by atoms with Crippen molar-refractivity contribution in [3.05, 3.63) is 375 Å². The average Bonchev–Trinajstić information content (AvgIpc) is 1.67. The molecule has 0 fully saturated rings. The van der Waals surface area contributed by atoms with Crippen LogP contribution in [-0.4, -0.2) is 16.4 Å². The van der Waals surface area contributed by atoms with Gasteiger partial charge in [-0.1, -0.05) is 181 Å². The van der Waals surface area contributed by atoms with Gasteiger partial charge in [0.1, 0.15) is 74.1 Å². The summed E-state index contributed by atoms with van der Waals surface area (Å²) < 4.78 is 2.08. The maximum Gasteiger partial charge on any atom is 1.00 e. The Morgan fingerprint density at radius 3 is 0.699 bits per heavy atom. The summed E-state index contributed by atoms with van der Waals surface area (Å²) in [5.41, 5.74) is 10.3.